The lowest BCUT2D eigenvalue weighted by Crippen LogP contribution is -2.20. The van der Waals surface area contributed by atoms with E-state index < -0.39 is 6.17 Å². The van der Waals surface area contributed by atoms with Crippen molar-refractivity contribution in [3.8, 4) is 34.0 Å². The van der Waals surface area contributed by atoms with E-state index in [1.54, 1.807) is 15.4 Å². The highest BCUT2D eigenvalue weighted by molar-refractivity contribution is 5.59. The van der Waals surface area contributed by atoms with Gasteiger partial charge in [0, 0.05) is 29.1 Å². The number of nitrogens with zero attached hydrogens (tertiary/aromatic N) is 4. The predicted octanol–water partition coefficient (Wildman–Crippen LogP) is 4.92. The molecule has 0 amide bonds. The van der Waals surface area contributed by atoms with Crippen LogP contribution in [0.5, 0.6) is 11.5 Å². The molecule has 0 unspecified atom stereocenters. The number of benzene rings is 3. The zero-order chi connectivity index (χ0) is 21.2. The fourth-order valence-electron chi connectivity index (χ4n) is 3.60. The number of rotatable bonds is 5. The maximum absolute atomic E-state index is 10.1. The second-order valence-electron chi connectivity index (χ2n) is 7.22. The molecule has 0 bridgehead atoms. The first-order valence-corrected chi connectivity index (χ1v) is 9.92. The van der Waals surface area contributed by atoms with Crippen LogP contribution in [0.3, 0.4) is 0 Å². The Kier molecular flexibility index (Phi) is 4.72. The number of phenolic OH excluding ortho intramolecular Hbond substituents is 2. The summed E-state index contributed by atoms with van der Waals surface area (Å²) in [6.45, 7) is 0. The largest absolute Gasteiger partial charge is 0.504 e. The zero-order valence-electron chi connectivity index (χ0n) is 16.6. The van der Waals surface area contributed by atoms with Crippen LogP contribution in [0, 0.1) is 0 Å². The first kappa shape index (κ1) is 18.7. The molecule has 6 heteroatoms. The molecule has 0 atom stereocenters. The Labute approximate surface area is 179 Å². The summed E-state index contributed by atoms with van der Waals surface area (Å²) >= 11 is 0. The molecule has 0 aliphatic heterocycles. The molecule has 2 heterocycles. The Morgan fingerprint density at radius 2 is 1.10 bits per heavy atom. The summed E-state index contributed by atoms with van der Waals surface area (Å²) in [6.07, 6.45) is 3.34. The number of phenols is 2. The minimum Gasteiger partial charge on any atom is -0.504 e. The van der Waals surface area contributed by atoms with Crippen molar-refractivity contribution in [2.45, 2.75) is 6.17 Å². The quantitative estimate of drug-likeness (QED) is 0.405. The molecule has 5 rings (SSSR count). The van der Waals surface area contributed by atoms with Crippen molar-refractivity contribution in [3.63, 3.8) is 0 Å². The molecule has 0 aliphatic rings. The number of hydrogen-bond donors (Lipinski definition) is 2. The SMILES string of the molecule is Oc1ccc(C(n2ccc(-c3ccccc3)n2)n2ccc(-c3ccccc3)n2)cc1O. The van der Waals surface area contributed by atoms with E-state index in [0.717, 1.165) is 28.1 Å². The molecule has 6 nitrogen and oxygen atoms in total. The average Bonchev–Trinajstić information content (AvgIpc) is 3.49. The minimum atomic E-state index is -0.443. The fourth-order valence-corrected chi connectivity index (χ4v) is 3.60. The Balaban J connectivity index is 1.60. The van der Waals surface area contributed by atoms with E-state index in [1.165, 1.54) is 12.1 Å². The van der Waals surface area contributed by atoms with Gasteiger partial charge in [-0.3, -0.25) is 0 Å². The minimum absolute atomic E-state index is 0.168. The predicted molar refractivity (Wildman–Crippen MR) is 119 cm³/mol. The first-order valence-electron chi connectivity index (χ1n) is 9.92. The number of aromatic hydroxyl groups is 2. The van der Waals surface area contributed by atoms with E-state index in [-0.39, 0.29) is 11.5 Å². The average molecular weight is 408 g/mol. The molecule has 0 saturated heterocycles. The first-order chi connectivity index (χ1) is 15.2. The van der Waals surface area contributed by atoms with Gasteiger partial charge in [-0.1, -0.05) is 66.7 Å². The van der Waals surface area contributed by atoms with E-state index >= 15 is 0 Å². The maximum atomic E-state index is 10.1. The highest BCUT2D eigenvalue weighted by Gasteiger charge is 2.20. The highest BCUT2D eigenvalue weighted by Crippen LogP contribution is 2.31. The van der Waals surface area contributed by atoms with Crippen molar-refractivity contribution in [2.75, 3.05) is 0 Å². The number of aromatic nitrogens is 4. The lowest BCUT2D eigenvalue weighted by molar-refractivity contribution is 0.394. The van der Waals surface area contributed by atoms with Crippen LogP contribution in [-0.2, 0) is 0 Å². The van der Waals surface area contributed by atoms with Crippen LogP contribution in [0.2, 0.25) is 0 Å². The molecule has 0 saturated carbocycles. The van der Waals surface area contributed by atoms with Crippen molar-refractivity contribution in [1.29, 1.82) is 0 Å². The van der Waals surface area contributed by atoms with Crippen LogP contribution in [0.25, 0.3) is 22.5 Å². The summed E-state index contributed by atoms with van der Waals surface area (Å²) in [5.74, 6) is -0.355. The van der Waals surface area contributed by atoms with Gasteiger partial charge in [0.05, 0.1) is 11.4 Å². The van der Waals surface area contributed by atoms with Gasteiger partial charge in [-0.2, -0.15) is 10.2 Å². The van der Waals surface area contributed by atoms with Gasteiger partial charge < -0.3 is 10.2 Å². The Morgan fingerprint density at radius 3 is 1.58 bits per heavy atom. The van der Waals surface area contributed by atoms with Crippen molar-refractivity contribution in [3.05, 3.63) is 109 Å². The third-order valence-electron chi connectivity index (χ3n) is 5.15. The summed E-state index contributed by atoms with van der Waals surface area (Å²) in [7, 11) is 0. The van der Waals surface area contributed by atoms with Gasteiger partial charge in [0.1, 0.15) is 0 Å². The van der Waals surface area contributed by atoms with Crippen LogP contribution >= 0.6 is 0 Å². The smallest absolute Gasteiger partial charge is 0.168 e. The van der Waals surface area contributed by atoms with Gasteiger partial charge in [-0.25, -0.2) is 9.36 Å². The van der Waals surface area contributed by atoms with E-state index in [0.29, 0.717) is 0 Å². The molecule has 0 aliphatic carbocycles. The van der Waals surface area contributed by atoms with Crippen LogP contribution < -0.4 is 0 Å². The third kappa shape index (κ3) is 3.67. The summed E-state index contributed by atoms with van der Waals surface area (Å²) in [5, 5.41) is 29.4. The molecule has 2 N–H and O–H groups in total. The van der Waals surface area contributed by atoms with E-state index in [2.05, 4.69) is 0 Å². The van der Waals surface area contributed by atoms with Crippen LogP contribution in [-0.4, -0.2) is 29.8 Å². The molecular weight excluding hydrogens is 388 g/mol. The van der Waals surface area contributed by atoms with E-state index in [4.69, 9.17) is 10.2 Å². The van der Waals surface area contributed by atoms with Crippen LogP contribution in [0.4, 0.5) is 0 Å². The second kappa shape index (κ2) is 7.84. The third-order valence-corrected chi connectivity index (χ3v) is 5.15. The zero-order valence-corrected chi connectivity index (χ0v) is 16.6. The van der Waals surface area contributed by atoms with Gasteiger partial charge in [0.15, 0.2) is 17.7 Å². The van der Waals surface area contributed by atoms with Crippen LogP contribution in [0.1, 0.15) is 11.7 Å². The lowest BCUT2D eigenvalue weighted by Gasteiger charge is -2.19. The lowest BCUT2D eigenvalue weighted by atomic mass is 10.1. The second-order valence-corrected chi connectivity index (χ2v) is 7.22. The van der Waals surface area contributed by atoms with Gasteiger partial charge in [0.2, 0.25) is 0 Å². The summed E-state index contributed by atoms with van der Waals surface area (Å²) in [5.41, 5.74) is 4.44. The maximum Gasteiger partial charge on any atom is 0.168 e. The summed E-state index contributed by atoms with van der Waals surface area (Å²) < 4.78 is 3.60. The molecule has 31 heavy (non-hydrogen) atoms. The van der Waals surface area contributed by atoms with E-state index in [9.17, 15) is 10.2 Å². The Bertz CT molecular complexity index is 1230. The normalized spacial score (nSPS) is 11.1. The molecule has 0 spiro atoms. The van der Waals surface area contributed by atoms with Crippen molar-refractivity contribution in [1.82, 2.24) is 19.6 Å². The van der Waals surface area contributed by atoms with Crippen molar-refractivity contribution in [2.24, 2.45) is 0 Å². The van der Waals surface area contributed by atoms with Crippen LogP contribution in [0.15, 0.2) is 103 Å². The van der Waals surface area contributed by atoms with Gasteiger partial charge in [0.25, 0.3) is 0 Å². The molecule has 0 fully saturated rings. The van der Waals surface area contributed by atoms with Gasteiger partial charge in [-0.15, -0.1) is 0 Å². The highest BCUT2D eigenvalue weighted by atomic mass is 16.3. The number of hydrogen-bond acceptors (Lipinski definition) is 4. The van der Waals surface area contributed by atoms with Gasteiger partial charge in [-0.05, 0) is 24.3 Å². The monoisotopic (exact) mass is 408 g/mol. The molecule has 2 aromatic heterocycles. The van der Waals surface area contributed by atoms with Crippen molar-refractivity contribution < 1.29 is 10.2 Å². The Morgan fingerprint density at radius 1 is 0.581 bits per heavy atom. The van der Waals surface area contributed by atoms with Gasteiger partial charge >= 0.3 is 0 Å². The standard InChI is InChI=1S/C25H20N4O2/c30-23-12-11-20(17-24(23)31)25(28-15-13-21(26-28)18-7-3-1-4-8-18)29-16-14-22(27-29)19-9-5-2-6-10-19/h1-17,25,30-31H. The molecule has 5 aromatic rings. The molecule has 0 radical (unpaired) electrons. The van der Waals surface area contributed by atoms with Crippen molar-refractivity contribution >= 4 is 0 Å². The molecule has 152 valence electrons. The van der Waals surface area contributed by atoms with E-state index in [1.807, 2.05) is 85.2 Å². The summed E-state index contributed by atoms with van der Waals surface area (Å²) in [4.78, 5) is 0. The molecular formula is C25H20N4O2. The molecule has 3 aromatic carbocycles. The fraction of sp³-hybridized carbons (Fsp3) is 0.0400. The summed E-state index contributed by atoms with van der Waals surface area (Å²) in [6, 6.07) is 28.5. The Hall–Kier alpha value is -4.32. The topological polar surface area (TPSA) is 76.1 Å².